The number of benzene rings is 1. The molecule has 2 rings (SSSR count). The lowest BCUT2D eigenvalue weighted by atomic mass is 10.0. The zero-order chi connectivity index (χ0) is 15.9. The molecular formula is C16H23N3O3. The van der Waals surface area contributed by atoms with E-state index in [0.29, 0.717) is 31.0 Å². The van der Waals surface area contributed by atoms with Crippen LogP contribution in [0.1, 0.15) is 36.5 Å². The molecule has 6 nitrogen and oxygen atoms in total. The molecule has 1 aliphatic heterocycles. The monoisotopic (exact) mass is 305 g/mol. The van der Waals surface area contributed by atoms with Crippen molar-refractivity contribution in [3.63, 3.8) is 0 Å². The minimum Gasteiger partial charge on any atom is -0.494 e. The van der Waals surface area contributed by atoms with Gasteiger partial charge in [-0.3, -0.25) is 4.79 Å². The molecule has 1 atom stereocenters. The number of nitrogens with two attached hydrogens (primary N) is 1. The molecule has 1 aromatic carbocycles. The topological polar surface area (TPSA) is 84.7 Å². The summed E-state index contributed by atoms with van der Waals surface area (Å²) in [4.78, 5) is 25.5. The highest BCUT2D eigenvalue weighted by molar-refractivity contribution is 5.95. The second-order valence-electron chi connectivity index (χ2n) is 5.35. The van der Waals surface area contributed by atoms with E-state index in [4.69, 9.17) is 10.5 Å². The van der Waals surface area contributed by atoms with Gasteiger partial charge in [0.1, 0.15) is 5.75 Å². The molecule has 0 radical (unpaired) electrons. The summed E-state index contributed by atoms with van der Waals surface area (Å²) in [6.45, 7) is 3.56. The lowest BCUT2D eigenvalue weighted by molar-refractivity contribution is 0.0614. The summed E-state index contributed by atoms with van der Waals surface area (Å²) in [5.41, 5.74) is 5.73. The van der Waals surface area contributed by atoms with Gasteiger partial charge in [0.15, 0.2) is 0 Å². The second-order valence-corrected chi connectivity index (χ2v) is 5.35. The summed E-state index contributed by atoms with van der Waals surface area (Å²) in [7, 11) is 0. The summed E-state index contributed by atoms with van der Waals surface area (Å²) in [6, 6.07) is 6.64. The van der Waals surface area contributed by atoms with Gasteiger partial charge < -0.3 is 20.7 Å². The van der Waals surface area contributed by atoms with E-state index in [1.54, 1.807) is 12.1 Å². The number of nitrogens with one attached hydrogen (secondary N) is 1. The maximum atomic E-state index is 12.7. The van der Waals surface area contributed by atoms with Crippen LogP contribution in [-0.4, -0.2) is 42.6 Å². The highest BCUT2D eigenvalue weighted by Crippen LogP contribution is 2.21. The van der Waals surface area contributed by atoms with Gasteiger partial charge in [0.25, 0.3) is 5.91 Å². The average Bonchev–Trinajstić information content (AvgIpc) is 2.53. The lowest BCUT2D eigenvalue weighted by Gasteiger charge is -2.35. The largest absolute Gasteiger partial charge is 0.494 e. The average molecular weight is 305 g/mol. The first-order valence-corrected chi connectivity index (χ1v) is 7.69. The predicted octanol–water partition coefficient (Wildman–Crippen LogP) is 1.75. The van der Waals surface area contributed by atoms with Crippen LogP contribution in [0.5, 0.6) is 5.75 Å². The Morgan fingerprint density at radius 1 is 1.41 bits per heavy atom. The molecule has 0 aromatic heterocycles. The number of nitrogens with zero attached hydrogens (tertiary/aromatic N) is 1. The van der Waals surface area contributed by atoms with Crippen molar-refractivity contribution >= 4 is 11.9 Å². The SMILES string of the molecule is CCOc1cccc(C(=O)N2CCCC[C@@H]2CNC(N)=O)c1. The fourth-order valence-electron chi connectivity index (χ4n) is 2.75. The van der Waals surface area contributed by atoms with Gasteiger partial charge in [0.2, 0.25) is 0 Å². The Kier molecular flexibility index (Phi) is 5.63. The van der Waals surface area contributed by atoms with Crippen molar-refractivity contribution in [3.8, 4) is 5.75 Å². The van der Waals surface area contributed by atoms with Crippen LogP contribution in [0.15, 0.2) is 24.3 Å². The van der Waals surface area contributed by atoms with Crippen molar-refractivity contribution in [2.75, 3.05) is 19.7 Å². The summed E-state index contributed by atoms with van der Waals surface area (Å²) in [6.07, 6.45) is 2.90. The van der Waals surface area contributed by atoms with Gasteiger partial charge in [-0.1, -0.05) is 6.07 Å². The van der Waals surface area contributed by atoms with Crippen LogP contribution >= 0.6 is 0 Å². The number of primary amides is 1. The minimum atomic E-state index is -0.559. The molecule has 0 bridgehead atoms. The van der Waals surface area contributed by atoms with Gasteiger partial charge in [-0.05, 0) is 44.4 Å². The Balaban J connectivity index is 2.10. The van der Waals surface area contributed by atoms with E-state index in [1.807, 2.05) is 24.0 Å². The zero-order valence-corrected chi connectivity index (χ0v) is 12.9. The molecule has 22 heavy (non-hydrogen) atoms. The summed E-state index contributed by atoms with van der Waals surface area (Å²) in [5.74, 6) is 0.662. The van der Waals surface area contributed by atoms with E-state index < -0.39 is 6.03 Å². The molecule has 1 saturated heterocycles. The van der Waals surface area contributed by atoms with Crippen LogP contribution in [0.3, 0.4) is 0 Å². The summed E-state index contributed by atoms with van der Waals surface area (Å²) < 4.78 is 5.45. The van der Waals surface area contributed by atoms with Gasteiger partial charge in [-0.25, -0.2) is 4.79 Å². The molecule has 0 spiro atoms. The molecule has 3 amide bonds. The highest BCUT2D eigenvalue weighted by atomic mass is 16.5. The number of carbonyl (C=O) groups excluding carboxylic acids is 2. The van der Waals surface area contributed by atoms with Gasteiger partial charge in [0.05, 0.1) is 6.61 Å². The summed E-state index contributed by atoms with van der Waals surface area (Å²) in [5, 5.41) is 2.60. The maximum absolute atomic E-state index is 12.7. The Morgan fingerprint density at radius 3 is 2.95 bits per heavy atom. The van der Waals surface area contributed by atoms with Crippen LogP contribution in [0.25, 0.3) is 0 Å². The van der Waals surface area contributed by atoms with Crippen LogP contribution in [0.2, 0.25) is 0 Å². The normalized spacial score (nSPS) is 17.9. The molecule has 1 fully saturated rings. The van der Waals surface area contributed by atoms with E-state index in [1.165, 1.54) is 0 Å². The van der Waals surface area contributed by atoms with Crippen LogP contribution in [0.4, 0.5) is 4.79 Å². The van der Waals surface area contributed by atoms with Crippen molar-refractivity contribution in [1.82, 2.24) is 10.2 Å². The maximum Gasteiger partial charge on any atom is 0.312 e. The second kappa shape index (κ2) is 7.68. The van der Waals surface area contributed by atoms with E-state index >= 15 is 0 Å². The van der Waals surface area contributed by atoms with Gasteiger partial charge in [-0.15, -0.1) is 0 Å². The first-order valence-electron chi connectivity index (χ1n) is 7.69. The smallest absolute Gasteiger partial charge is 0.312 e. The number of piperidine rings is 1. The quantitative estimate of drug-likeness (QED) is 0.869. The van der Waals surface area contributed by atoms with E-state index in [2.05, 4.69) is 5.32 Å². The van der Waals surface area contributed by atoms with E-state index in [0.717, 1.165) is 19.3 Å². The van der Waals surface area contributed by atoms with Crippen molar-refractivity contribution in [1.29, 1.82) is 0 Å². The molecule has 0 unspecified atom stereocenters. The molecule has 1 heterocycles. The number of hydrogen-bond acceptors (Lipinski definition) is 3. The van der Waals surface area contributed by atoms with Crippen molar-refractivity contribution < 1.29 is 14.3 Å². The number of likely N-dealkylation sites (tertiary alicyclic amines) is 1. The highest BCUT2D eigenvalue weighted by Gasteiger charge is 2.27. The van der Waals surface area contributed by atoms with Crippen LogP contribution in [-0.2, 0) is 0 Å². The first kappa shape index (κ1) is 16.1. The van der Waals surface area contributed by atoms with Crippen molar-refractivity contribution in [3.05, 3.63) is 29.8 Å². The molecule has 0 saturated carbocycles. The third kappa shape index (κ3) is 4.13. The molecule has 1 aliphatic rings. The van der Waals surface area contributed by atoms with Gasteiger partial charge in [-0.2, -0.15) is 0 Å². The fourth-order valence-corrected chi connectivity index (χ4v) is 2.75. The lowest BCUT2D eigenvalue weighted by Crippen LogP contribution is -2.50. The Hall–Kier alpha value is -2.24. The standard InChI is InChI=1S/C16H23N3O3/c1-2-22-14-8-5-6-12(10-14)15(20)19-9-4-3-7-13(19)11-18-16(17)21/h5-6,8,10,13H,2-4,7,9,11H2,1H3,(H3,17,18,21)/t13-/m1/s1. The third-order valence-corrected chi connectivity index (χ3v) is 3.79. The summed E-state index contributed by atoms with van der Waals surface area (Å²) >= 11 is 0. The van der Waals surface area contributed by atoms with Crippen LogP contribution < -0.4 is 15.8 Å². The van der Waals surface area contributed by atoms with Gasteiger partial charge in [0, 0.05) is 24.7 Å². The third-order valence-electron chi connectivity index (χ3n) is 3.79. The molecule has 0 aliphatic carbocycles. The molecule has 1 aromatic rings. The molecular weight excluding hydrogens is 282 g/mol. The van der Waals surface area contributed by atoms with Crippen molar-refractivity contribution in [2.24, 2.45) is 5.73 Å². The predicted molar refractivity (Wildman–Crippen MR) is 83.9 cm³/mol. The molecule has 120 valence electrons. The zero-order valence-electron chi connectivity index (χ0n) is 12.9. The Morgan fingerprint density at radius 2 is 2.23 bits per heavy atom. The number of urea groups is 1. The van der Waals surface area contributed by atoms with Gasteiger partial charge >= 0.3 is 6.03 Å². The number of amides is 3. The number of carbonyl (C=O) groups is 2. The Bertz CT molecular complexity index is 533. The number of rotatable bonds is 5. The van der Waals surface area contributed by atoms with E-state index in [9.17, 15) is 9.59 Å². The number of hydrogen-bond donors (Lipinski definition) is 2. The van der Waals surface area contributed by atoms with Crippen molar-refractivity contribution in [2.45, 2.75) is 32.2 Å². The minimum absolute atomic E-state index is 0.00972. The fraction of sp³-hybridized carbons (Fsp3) is 0.500. The molecule has 3 N–H and O–H groups in total. The Labute approximate surface area is 130 Å². The van der Waals surface area contributed by atoms with E-state index in [-0.39, 0.29) is 11.9 Å². The first-order chi connectivity index (χ1) is 10.6. The number of ether oxygens (including phenoxy) is 1. The van der Waals surface area contributed by atoms with Crippen LogP contribution in [0, 0.1) is 0 Å². The molecule has 6 heteroatoms.